The number of aromatic nitrogens is 2. The summed E-state index contributed by atoms with van der Waals surface area (Å²) in [6.45, 7) is 0. The van der Waals surface area contributed by atoms with Crippen molar-refractivity contribution in [3.05, 3.63) is 40.3 Å². The minimum Gasteiger partial charge on any atom is -0.478 e. The lowest BCUT2D eigenvalue weighted by Gasteiger charge is -1.95. The van der Waals surface area contributed by atoms with Crippen LogP contribution in [0.5, 0.6) is 0 Å². The fourth-order valence-electron chi connectivity index (χ4n) is 1.28. The van der Waals surface area contributed by atoms with Crippen LogP contribution < -0.4 is 0 Å². The average Bonchev–Trinajstić information content (AvgIpc) is 2.57. The van der Waals surface area contributed by atoms with Gasteiger partial charge in [-0.25, -0.2) is 9.78 Å². The number of hydrogen-bond acceptors (Lipinski definition) is 2. The Kier molecular flexibility index (Phi) is 2.85. The predicted molar refractivity (Wildman–Crippen MR) is 61.9 cm³/mol. The topological polar surface area (TPSA) is 54.6 Å². The molecular weight excluding hydrogens is 251 g/mol. The van der Waals surface area contributed by atoms with Crippen LogP contribution in [0, 0.1) is 0 Å². The number of carboxylic acids is 1. The van der Waals surface area contributed by atoms with E-state index in [9.17, 15) is 4.79 Å². The predicted octanol–water partition coefficient (Wildman–Crippen LogP) is 2.74. The second kappa shape index (κ2) is 4.15. The third kappa shape index (κ3) is 2.18. The molecule has 0 atom stereocenters. The van der Waals surface area contributed by atoms with Crippen molar-refractivity contribution in [3.8, 4) is 0 Å². The highest BCUT2D eigenvalue weighted by molar-refractivity contribution is 6.36. The fraction of sp³-hybridized carbons (Fsp3) is 0. The number of carboxylic acid groups (broad SMARTS) is 1. The lowest BCUT2D eigenvalue weighted by atomic mass is 10.4. The van der Waals surface area contributed by atoms with Crippen molar-refractivity contribution in [2.75, 3.05) is 0 Å². The first kappa shape index (κ1) is 11.0. The van der Waals surface area contributed by atoms with Gasteiger partial charge in [0.2, 0.25) is 0 Å². The molecule has 2 aromatic rings. The number of pyridine rings is 1. The van der Waals surface area contributed by atoms with Crippen LogP contribution in [-0.2, 0) is 4.79 Å². The van der Waals surface area contributed by atoms with Gasteiger partial charge in [0.1, 0.15) is 0 Å². The smallest absolute Gasteiger partial charge is 0.328 e. The largest absolute Gasteiger partial charge is 0.478 e. The van der Waals surface area contributed by atoms with E-state index in [0.717, 1.165) is 6.08 Å². The molecule has 0 saturated heterocycles. The Balaban J connectivity index is 2.52. The van der Waals surface area contributed by atoms with Gasteiger partial charge in [-0.2, -0.15) is 0 Å². The quantitative estimate of drug-likeness (QED) is 0.841. The third-order valence-electron chi connectivity index (χ3n) is 1.89. The lowest BCUT2D eigenvalue weighted by Crippen LogP contribution is -1.85. The highest BCUT2D eigenvalue weighted by atomic mass is 35.5. The van der Waals surface area contributed by atoms with Gasteiger partial charge in [0, 0.05) is 18.5 Å². The molecule has 0 fully saturated rings. The summed E-state index contributed by atoms with van der Waals surface area (Å²) in [5, 5.41) is 9.39. The minimum atomic E-state index is -1.03. The van der Waals surface area contributed by atoms with Gasteiger partial charge >= 0.3 is 5.97 Å². The van der Waals surface area contributed by atoms with Crippen molar-refractivity contribution in [2.45, 2.75) is 0 Å². The van der Waals surface area contributed by atoms with E-state index in [1.165, 1.54) is 6.08 Å². The Labute approximate surface area is 101 Å². The number of rotatable bonds is 2. The summed E-state index contributed by atoms with van der Waals surface area (Å²) in [6, 6.07) is 1.58. The summed E-state index contributed by atoms with van der Waals surface area (Å²) < 4.78 is 1.65. The van der Waals surface area contributed by atoms with Gasteiger partial charge in [0.25, 0.3) is 0 Å². The van der Waals surface area contributed by atoms with Gasteiger partial charge in [-0.1, -0.05) is 23.2 Å². The number of fused-ring (bicyclic) bond motifs is 1. The van der Waals surface area contributed by atoms with E-state index in [1.54, 1.807) is 22.9 Å². The van der Waals surface area contributed by atoms with E-state index in [2.05, 4.69) is 4.98 Å². The summed E-state index contributed by atoms with van der Waals surface area (Å²) in [6.07, 6.45) is 5.69. The zero-order chi connectivity index (χ0) is 11.7. The van der Waals surface area contributed by atoms with Gasteiger partial charge < -0.3 is 9.51 Å². The highest BCUT2D eigenvalue weighted by Gasteiger charge is 2.05. The average molecular weight is 257 g/mol. The maximum absolute atomic E-state index is 10.3. The summed E-state index contributed by atoms with van der Waals surface area (Å²) in [5.41, 5.74) is 1.04. The van der Waals surface area contributed by atoms with Crippen molar-refractivity contribution >= 4 is 40.9 Å². The normalized spacial score (nSPS) is 11.4. The second-order valence-corrected chi connectivity index (χ2v) is 3.92. The summed E-state index contributed by atoms with van der Waals surface area (Å²) in [5.74, 6) is -1.03. The Morgan fingerprint density at radius 2 is 2.19 bits per heavy atom. The molecule has 16 heavy (non-hydrogen) atoms. The molecule has 0 aliphatic rings. The Morgan fingerprint density at radius 1 is 1.44 bits per heavy atom. The Hall–Kier alpha value is -1.52. The highest BCUT2D eigenvalue weighted by Crippen LogP contribution is 2.21. The molecule has 0 aliphatic carbocycles. The number of aliphatic carboxylic acids is 1. The molecule has 0 unspecified atom stereocenters. The van der Waals surface area contributed by atoms with Crippen LogP contribution in [0.2, 0.25) is 10.0 Å². The van der Waals surface area contributed by atoms with Crippen molar-refractivity contribution in [3.63, 3.8) is 0 Å². The fourth-order valence-corrected chi connectivity index (χ4v) is 1.81. The van der Waals surface area contributed by atoms with Crippen molar-refractivity contribution in [1.82, 2.24) is 9.38 Å². The lowest BCUT2D eigenvalue weighted by molar-refractivity contribution is -0.131. The zero-order valence-corrected chi connectivity index (χ0v) is 9.40. The van der Waals surface area contributed by atoms with Gasteiger partial charge in [0.05, 0.1) is 15.7 Å². The molecule has 0 saturated carbocycles. The van der Waals surface area contributed by atoms with Crippen molar-refractivity contribution in [2.24, 2.45) is 0 Å². The van der Waals surface area contributed by atoms with E-state index in [1.807, 2.05) is 0 Å². The Bertz CT molecular complexity index is 590. The first-order chi connectivity index (χ1) is 7.56. The molecule has 2 aromatic heterocycles. The molecule has 0 aromatic carbocycles. The van der Waals surface area contributed by atoms with Crippen LogP contribution in [-0.4, -0.2) is 20.5 Å². The molecule has 82 valence electrons. The molecule has 6 heteroatoms. The number of imidazole rings is 1. The molecule has 1 N–H and O–H groups in total. The van der Waals surface area contributed by atoms with E-state index in [-0.39, 0.29) is 0 Å². The molecule has 4 nitrogen and oxygen atoms in total. The first-order valence-corrected chi connectivity index (χ1v) is 5.06. The number of halogens is 2. The summed E-state index contributed by atoms with van der Waals surface area (Å²) >= 11 is 11.7. The van der Waals surface area contributed by atoms with Crippen LogP contribution in [0.4, 0.5) is 0 Å². The standard InChI is InChI=1S/C10H6Cl2N2O2/c11-6-3-8(12)10-13-7(1-2-9(15)16)5-14(10)4-6/h1-5H,(H,15,16)/b2-1+. The van der Waals surface area contributed by atoms with E-state index in [0.29, 0.717) is 21.4 Å². The van der Waals surface area contributed by atoms with Crippen LogP contribution in [0.1, 0.15) is 5.69 Å². The SMILES string of the molecule is O=C(O)/C=C/c1cn2cc(Cl)cc(Cl)c2n1. The van der Waals surface area contributed by atoms with E-state index >= 15 is 0 Å². The van der Waals surface area contributed by atoms with Gasteiger partial charge in [-0.15, -0.1) is 0 Å². The molecule has 2 heterocycles. The first-order valence-electron chi connectivity index (χ1n) is 4.31. The van der Waals surface area contributed by atoms with E-state index in [4.69, 9.17) is 28.3 Å². The number of carbonyl (C=O) groups is 1. The Morgan fingerprint density at radius 3 is 2.88 bits per heavy atom. The number of nitrogens with zero attached hydrogens (tertiary/aromatic N) is 2. The maximum Gasteiger partial charge on any atom is 0.328 e. The van der Waals surface area contributed by atoms with Crippen molar-refractivity contribution in [1.29, 1.82) is 0 Å². The zero-order valence-electron chi connectivity index (χ0n) is 7.89. The molecule has 0 aliphatic heterocycles. The van der Waals surface area contributed by atoms with Crippen molar-refractivity contribution < 1.29 is 9.90 Å². The van der Waals surface area contributed by atoms with Crippen LogP contribution in [0.15, 0.2) is 24.5 Å². The molecule has 0 spiro atoms. The molecule has 0 bridgehead atoms. The second-order valence-electron chi connectivity index (χ2n) is 3.07. The summed E-state index contributed by atoms with van der Waals surface area (Å²) in [7, 11) is 0. The maximum atomic E-state index is 10.3. The minimum absolute atomic E-state index is 0.419. The van der Waals surface area contributed by atoms with Gasteiger partial charge in [0.15, 0.2) is 5.65 Å². The summed E-state index contributed by atoms with van der Waals surface area (Å²) in [4.78, 5) is 14.5. The van der Waals surface area contributed by atoms with E-state index < -0.39 is 5.97 Å². The number of hydrogen-bond donors (Lipinski definition) is 1. The molecule has 0 radical (unpaired) electrons. The van der Waals surface area contributed by atoms with Crippen LogP contribution in [0.3, 0.4) is 0 Å². The van der Waals surface area contributed by atoms with Gasteiger partial charge in [-0.3, -0.25) is 0 Å². The van der Waals surface area contributed by atoms with Crippen LogP contribution in [0.25, 0.3) is 11.7 Å². The molecule has 0 amide bonds. The molecule has 2 rings (SSSR count). The molecular formula is C10H6Cl2N2O2. The monoisotopic (exact) mass is 256 g/mol. The van der Waals surface area contributed by atoms with Gasteiger partial charge in [-0.05, 0) is 12.1 Å². The third-order valence-corrected chi connectivity index (χ3v) is 2.37. The van der Waals surface area contributed by atoms with Crippen LogP contribution >= 0.6 is 23.2 Å².